The molecule has 0 saturated carbocycles. The Morgan fingerprint density at radius 1 is 1.45 bits per heavy atom. The molecule has 0 spiro atoms. The van der Waals surface area contributed by atoms with Crippen LogP contribution < -0.4 is 5.46 Å². The van der Waals surface area contributed by atoms with E-state index in [-0.39, 0.29) is 0 Å². The van der Waals surface area contributed by atoms with Crippen molar-refractivity contribution < 1.29 is 0 Å². The van der Waals surface area contributed by atoms with Crippen molar-refractivity contribution in [1.29, 1.82) is 0 Å². The number of aryl methyl sites for hydroxylation is 1. The van der Waals surface area contributed by atoms with Crippen molar-refractivity contribution in [2.24, 2.45) is 0 Å². The normalized spacial score (nSPS) is 9.73. The number of hydrogen-bond acceptors (Lipinski definition) is 0. The number of halogens is 1. The molecule has 0 amide bonds. The molecule has 1 radical (unpaired) electrons. The monoisotopic (exact) mass is 165 g/mol. The van der Waals surface area contributed by atoms with E-state index in [1.165, 1.54) is 11.0 Å². The van der Waals surface area contributed by atoms with Gasteiger partial charge in [-0.1, -0.05) is 41.9 Å². The smallest absolute Gasteiger partial charge is 0.0849 e. The fraction of sp³-hybridized carbons (Fsp3) is 0.333. The fourth-order valence-electron chi connectivity index (χ4n) is 1.09. The zero-order valence-electron chi connectivity index (χ0n) is 6.89. The minimum atomic E-state index is 0.816. The lowest BCUT2D eigenvalue weighted by molar-refractivity contribution is 1.44. The summed E-state index contributed by atoms with van der Waals surface area (Å²) >= 11 is 5.80. The fourth-order valence-corrected chi connectivity index (χ4v) is 1.31. The Morgan fingerprint density at radius 2 is 2.18 bits per heavy atom. The molecular formula is C9H11BCl. The van der Waals surface area contributed by atoms with Gasteiger partial charge in [-0.2, -0.15) is 0 Å². The van der Waals surface area contributed by atoms with E-state index in [1.54, 1.807) is 0 Å². The zero-order chi connectivity index (χ0) is 8.27. The minimum Gasteiger partial charge on any atom is -0.0849 e. The first kappa shape index (κ1) is 8.67. The van der Waals surface area contributed by atoms with Gasteiger partial charge in [-0.25, -0.2) is 0 Å². The van der Waals surface area contributed by atoms with Gasteiger partial charge in [0.25, 0.3) is 0 Å². The molecule has 0 fully saturated rings. The van der Waals surface area contributed by atoms with Crippen molar-refractivity contribution in [3.05, 3.63) is 28.8 Å². The van der Waals surface area contributed by atoms with Gasteiger partial charge < -0.3 is 0 Å². The highest BCUT2D eigenvalue weighted by Gasteiger charge is 1.97. The molecule has 0 aliphatic rings. The number of rotatable bonds is 2. The summed E-state index contributed by atoms with van der Waals surface area (Å²) < 4.78 is 0. The predicted molar refractivity (Wildman–Crippen MR) is 52.1 cm³/mol. The zero-order valence-corrected chi connectivity index (χ0v) is 7.65. The Labute approximate surface area is 73.8 Å². The SMILES string of the molecule is CC[B]c1ccc(Cl)cc1C. The molecule has 2 heteroatoms. The number of benzene rings is 1. The van der Waals surface area contributed by atoms with Crippen molar-refractivity contribution in [3.63, 3.8) is 0 Å². The molecule has 0 aromatic heterocycles. The Bertz CT molecular complexity index is 245. The van der Waals surface area contributed by atoms with Gasteiger partial charge in [-0.05, 0) is 19.1 Å². The summed E-state index contributed by atoms with van der Waals surface area (Å²) in [7, 11) is 2.20. The van der Waals surface area contributed by atoms with Crippen LogP contribution in [-0.2, 0) is 0 Å². The molecule has 0 saturated heterocycles. The first-order valence-electron chi connectivity index (χ1n) is 3.83. The molecule has 0 bridgehead atoms. The summed E-state index contributed by atoms with van der Waals surface area (Å²) in [6.07, 6.45) is 1.07. The molecule has 0 unspecified atom stereocenters. The second-order valence-electron chi connectivity index (χ2n) is 2.61. The maximum atomic E-state index is 5.80. The van der Waals surface area contributed by atoms with E-state index in [1.807, 2.05) is 12.1 Å². The van der Waals surface area contributed by atoms with Gasteiger partial charge in [-0.3, -0.25) is 0 Å². The maximum absolute atomic E-state index is 5.80. The summed E-state index contributed by atoms with van der Waals surface area (Å²) in [6.45, 7) is 4.21. The average Bonchev–Trinajstić information content (AvgIpc) is 1.95. The van der Waals surface area contributed by atoms with Crippen molar-refractivity contribution in [2.75, 3.05) is 0 Å². The molecule has 1 aromatic rings. The number of hydrogen-bond donors (Lipinski definition) is 0. The largest absolute Gasteiger partial charge is 0.151 e. The van der Waals surface area contributed by atoms with Gasteiger partial charge in [0.15, 0.2) is 7.28 Å². The average molecular weight is 165 g/mol. The van der Waals surface area contributed by atoms with Crippen LogP contribution in [0.3, 0.4) is 0 Å². The van der Waals surface area contributed by atoms with E-state index in [9.17, 15) is 0 Å². The molecule has 1 rings (SSSR count). The van der Waals surface area contributed by atoms with Crippen LogP contribution in [-0.4, -0.2) is 7.28 Å². The highest BCUT2D eigenvalue weighted by Crippen LogP contribution is 2.07. The molecular weight excluding hydrogens is 154 g/mol. The van der Waals surface area contributed by atoms with Gasteiger partial charge in [0, 0.05) is 5.02 Å². The molecule has 0 atom stereocenters. The van der Waals surface area contributed by atoms with E-state index >= 15 is 0 Å². The van der Waals surface area contributed by atoms with E-state index in [2.05, 4.69) is 27.2 Å². The second kappa shape index (κ2) is 3.82. The molecule has 0 aliphatic heterocycles. The van der Waals surface area contributed by atoms with Gasteiger partial charge in [-0.15, -0.1) is 0 Å². The van der Waals surface area contributed by atoms with E-state index < -0.39 is 0 Å². The molecule has 11 heavy (non-hydrogen) atoms. The van der Waals surface area contributed by atoms with Crippen LogP contribution in [0.2, 0.25) is 11.3 Å². The van der Waals surface area contributed by atoms with Crippen LogP contribution >= 0.6 is 11.6 Å². The van der Waals surface area contributed by atoms with Crippen molar-refractivity contribution in [3.8, 4) is 0 Å². The summed E-state index contributed by atoms with van der Waals surface area (Å²) in [4.78, 5) is 0. The van der Waals surface area contributed by atoms with Crippen LogP contribution in [0.4, 0.5) is 0 Å². The van der Waals surface area contributed by atoms with Crippen LogP contribution in [0.5, 0.6) is 0 Å². The first-order valence-corrected chi connectivity index (χ1v) is 4.21. The second-order valence-corrected chi connectivity index (χ2v) is 3.05. The summed E-state index contributed by atoms with van der Waals surface area (Å²) in [5, 5.41) is 0.816. The highest BCUT2D eigenvalue weighted by molar-refractivity contribution is 6.54. The third-order valence-corrected chi connectivity index (χ3v) is 1.89. The van der Waals surface area contributed by atoms with Crippen molar-refractivity contribution >= 4 is 24.3 Å². The molecule has 0 heterocycles. The minimum absolute atomic E-state index is 0.816. The molecule has 0 aliphatic carbocycles. The third-order valence-electron chi connectivity index (χ3n) is 1.66. The van der Waals surface area contributed by atoms with E-state index in [0.29, 0.717) is 0 Å². The molecule has 0 nitrogen and oxygen atoms in total. The Hall–Kier alpha value is -0.425. The molecule has 1 aromatic carbocycles. The molecule has 0 N–H and O–H groups in total. The standard InChI is InChI=1S/C9H11BCl/c1-3-10-9-5-4-8(11)6-7(9)2/h4-6H,3H2,1-2H3. The highest BCUT2D eigenvalue weighted by atomic mass is 35.5. The Kier molecular flexibility index (Phi) is 3.01. The maximum Gasteiger partial charge on any atom is 0.151 e. The van der Waals surface area contributed by atoms with Crippen LogP contribution in [0, 0.1) is 6.92 Å². The predicted octanol–water partition coefficient (Wildman–Crippen LogP) is 2.42. The van der Waals surface area contributed by atoms with Gasteiger partial charge in [0.05, 0.1) is 0 Å². The van der Waals surface area contributed by atoms with Gasteiger partial charge in [0.2, 0.25) is 0 Å². The third kappa shape index (κ3) is 2.26. The van der Waals surface area contributed by atoms with Crippen molar-refractivity contribution in [2.45, 2.75) is 20.2 Å². The van der Waals surface area contributed by atoms with Gasteiger partial charge in [0.1, 0.15) is 0 Å². The lowest BCUT2D eigenvalue weighted by atomic mass is 9.66. The quantitative estimate of drug-likeness (QED) is 0.591. The van der Waals surface area contributed by atoms with Gasteiger partial charge >= 0.3 is 0 Å². The lowest BCUT2D eigenvalue weighted by Gasteiger charge is -2.02. The Morgan fingerprint density at radius 3 is 2.73 bits per heavy atom. The van der Waals surface area contributed by atoms with E-state index in [0.717, 1.165) is 11.3 Å². The molecule has 57 valence electrons. The van der Waals surface area contributed by atoms with E-state index in [4.69, 9.17) is 11.6 Å². The van der Waals surface area contributed by atoms with Crippen LogP contribution in [0.25, 0.3) is 0 Å². The topological polar surface area (TPSA) is 0 Å². The lowest BCUT2D eigenvalue weighted by Crippen LogP contribution is -2.15. The summed E-state index contributed by atoms with van der Waals surface area (Å²) in [5.74, 6) is 0. The summed E-state index contributed by atoms with van der Waals surface area (Å²) in [5.41, 5.74) is 2.54. The van der Waals surface area contributed by atoms with Crippen molar-refractivity contribution in [1.82, 2.24) is 0 Å². The summed E-state index contributed by atoms with van der Waals surface area (Å²) in [6, 6.07) is 5.97. The Balaban J connectivity index is 2.90. The first-order chi connectivity index (χ1) is 5.24. The van der Waals surface area contributed by atoms with Crippen LogP contribution in [0.15, 0.2) is 18.2 Å². The van der Waals surface area contributed by atoms with Crippen LogP contribution in [0.1, 0.15) is 12.5 Å².